The summed E-state index contributed by atoms with van der Waals surface area (Å²) in [5.74, 6) is 0. The van der Waals surface area contributed by atoms with E-state index in [0.717, 1.165) is 18.7 Å². The Hall–Kier alpha value is -0.660. The van der Waals surface area contributed by atoms with Gasteiger partial charge in [0.1, 0.15) is 6.26 Å². The molecule has 2 heteroatoms. The molecule has 0 aromatic rings. The van der Waals surface area contributed by atoms with E-state index in [1.807, 2.05) is 0 Å². The summed E-state index contributed by atoms with van der Waals surface area (Å²) in [6.45, 7) is 9.01. The van der Waals surface area contributed by atoms with Crippen molar-refractivity contribution in [2.24, 2.45) is 11.1 Å². The van der Waals surface area contributed by atoms with E-state index in [9.17, 15) is 0 Å². The first-order valence-electron chi connectivity index (χ1n) is 4.06. The third-order valence-corrected chi connectivity index (χ3v) is 1.40. The number of rotatable bonds is 3. The van der Waals surface area contributed by atoms with E-state index in [2.05, 4.69) is 27.7 Å². The molecule has 0 radical (unpaired) electrons. The average Bonchev–Trinajstić information content (AvgIpc) is 1.86. The van der Waals surface area contributed by atoms with Crippen molar-refractivity contribution in [2.45, 2.75) is 34.1 Å². The molecule has 0 fully saturated rings. The fraction of sp³-hybridized carbons (Fsp3) is 0.778. The van der Waals surface area contributed by atoms with Gasteiger partial charge in [-0.25, -0.2) is 0 Å². The summed E-state index contributed by atoms with van der Waals surface area (Å²) < 4.78 is 5.18. The minimum atomic E-state index is 0.0216. The fourth-order valence-corrected chi connectivity index (χ4v) is 0.443. The predicted octanol–water partition coefficient (Wildman–Crippen LogP) is 2.26. The van der Waals surface area contributed by atoms with E-state index in [4.69, 9.17) is 10.5 Å². The van der Waals surface area contributed by atoms with Gasteiger partial charge in [-0.15, -0.1) is 0 Å². The van der Waals surface area contributed by atoms with E-state index < -0.39 is 0 Å². The fourth-order valence-electron chi connectivity index (χ4n) is 0.443. The van der Waals surface area contributed by atoms with Crippen molar-refractivity contribution in [3.8, 4) is 0 Å². The summed E-state index contributed by atoms with van der Waals surface area (Å²) in [6.07, 6.45) is 2.68. The van der Waals surface area contributed by atoms with Crippen LogP contribution in [-0.4, -0.2) is 6.61 Å². The van der Waals surface area contributed by atoms with Crippen LogP contribution in [0.4, 0.5) is 0 Å². The van der Waals surface area contributed by atoms with Crippen LogP contribution in [0.25, 0.3) is 0 Å². The Labute approximate surface area is 69.4 Å². The second-order valence-electron chi connectivity index (χ2n) is 3.69. The van der Waals surface area contributed by atoms with Crippen molar-refractivity contribution in [1.82, 2.24) is 0 Å². The third-order valence-electron chi connectivity index (χ3n) is 1.40. The lowest BCUT2D eigenvalue weighted by Crippen LogP contribution is -2.17. The zero-order valence-electron chi connectivity index (χ0n) is 7.98. The monoisotopic (exact) mass is 157 g/mol. The Bertz CT molecular complexity index is 133. The quantitative estimate of drug-likeness (QED) is 0.504. The zero-order chi connectivity index (χ0) is 8.91. The molecule has 0 unspecified atom stereocenters. The van der Waals surface area contributed by atoms with Crippen molar-refractivity contribution >= 4 is 0 Å². The van der Waals surface area contributed by atoms with Gasteiger partial charge in [-0.2, -0.15) is 0 Å². The molecule has 0 amide bonds. The Morgan fingerprint density at radius 1 is 1.45 bits per heavy atom. The van der Waals surface area contributed by atoms with Crippen LogP contribution in [0.2, 0.25) is 0 Å². The maximum absolute atomic E-state index is 5.73. The summed E-state index contributed by atoms with van der Waals surface area (Å²) in [6, 6.07) is 0. The van der Waals surface area contributed by atoms with Crippen LogP contribution >= 0.6 is 0 Å². The summed E-state index contributed by atoms with van der Waals surface area (Å²) in [5, 5.41) is 0. The molecule has 0 bridgehead atoms. The van der Waals surface area contributed by atoms with Gasteiger partial charge < -0.3 is 10.5 Å². The largest absolute Gasteiger partial charge is 0.499 e. The van der Waals surface area contributed by atoms with Gasteiger partial charge in [0.2, 0.25) is 0 Å². The third kappa shape index (κ3) is 4.71. The average molecular weight is 157 g/mol. The van der Waals surface area contributed by atoms with Crippen LogP contribution in [0.15, 0.2) is 12.0 Å². The summed E-state index contributed by atoms with van der Waals surface area (Å²) in [4.78, 5) is 0. The molecule has 66 valence electrons. The maximum atomic E-state index is 5.73. The molecule has 0 aliphatic carbocycles. The second kappa shape index (κ2) is 4.27. The van der Waals surface area contributed by atoms with Gasteiger partial charge in [0.15, 0.2) is 0 Å². The minimum absolute atomic E-state index is 0.0216. The van der Waals surface area contributed by atoms with E-state index in [1.54, 1.807) is 6.26 Å². The number of nitrogens with two attached hydrogens (primary N) is 1. The molecule has 0 aromatic heterocycles. The molecule has 0 atom stereocenters. The topological polar surface area (TPSA) is 35.2 Å². The van der Waals surface area contributed by atoms with Crippen LogP contribution in [0.5, 0.6) is 0 Å². The molecular weight excluding hydrogens is 138 g/mol. The maximum Gasteiger partial charge on any atom is 0.102 e. The second-order valence-corrected chi connectivity index (χ2v) is 3.69. The molecule has 0 aromatic carbocycles. The van der Waals surface area contributed by atoms with Crippen molar-refractivity contribution in [3.05, 3.63) is 12.0 Å². The van der Waals surface area contributed by atoms with Crippen LogP contribution in [0.1, 0.15) is 34.1 Å². The molecule has 2 N–H and O–H groups in total. The lowest BCUT2D eigenvalue weighted by Gasteiger charge is -2.18. The Kier molecular flexibility index (Phi) is 4.01. The Morgan fingerprint density at radius 2 is 2.00 bits per heavy atom. The van der Waals surface area contributed by atoms with Crippen LogP contribution < -0.4 is 5.73 Å². The highest BCUT2D eigenvalue weighted by molar-refractivity contribution is 5.02. The van der Waals surface area contributed by atoms with Gasteiger partial charge in [0, 0.05) is 11.1 Å². The van der Waals surface area contributed by atoms with Gasteiger partial charge in [0.05, 0.1) is 6.61 Å². The van der Waals surface area contributed by atoms with E-state index in [1.165, 1.54) is 0 Å². The number of ether oxygens (including phenoxy) is 1. The summed E-state index contributed by atoms with van der Waals surface area (Å²) in [5.41, 5.74) is 6.55. The predicted molar refractivity (Wildman–Crippen MR) is 48.0 cm³/mol. The SMILES string of the molecule is CCCO/C=C(\N)C(C)(C)C. The molecule has 0 rings (SSSR count). The zero-order valence-corrected chi connectivity index (χ0v) is 7.98. The van der Waals surface area contributed by atoms with Gasteiger partial charge in [-0.05, 0) is 6.42 Å². The molecule has 0 spiro atoms. The van der Waals surface area contributed by atoms with Crippen molar-refractivity contribution < 1.29 is 4.74 Å². The molecule has 2 nitrogen and oxygen atoms in total. The van der Waals surface area contributed by atoms with Crippen molar-refractivity contribution in [2.75, 3.05) is 6.61 Å². The summed E-state index contributed by atoms with van der Waals surface area (Å²) >= 11 is 0. The van der Waals surface area contributed by atoms with Crippen molar-refractivity contribution in [3.63, 3.8) is 0 Å². The van der Waals surface area contributed by atoms with E-state index in [-0.39, 0.29) is 5.41 Å². The minimum Gasteiger partial charge on any atom is -0.499 e. The normalized spacial score (nSPS) is 13.3. The number of hydrogen-bond acceptors (Lipinski definition) is 2. The standard InChI is InChI=1S/C9H19NO/c1-5-6-11-7-8(10)9(2,3)4/h7H,5-6,10H2,1-4H3/b8-7-. The lowest BCUT2D eigenvalue weighted by molar-refractivity contribution is 0.240. The van der Waals surface area contributed by atoms with Crippen molar-refractivity contribution in [1.29, 1.82) is 0 Å². The van der Waals surface area contributed by atoms with Crippen LogP contribution in [0, 0.1) is 5.41 Å². The molecule has 0 heterocycles. The first-order chi connectivity index (χ1) is 4.98. The van der Waals surface area contributed by atoms with Gasteiger partial charge >= 0.3 is 0 Å². The number of allylic oxidation sites excluding steroid dienone is 1. The van der Waals surface area contributed by atoms with E-state index >= 15 is 0 Å². The van der Waals surface area contributed by atoms with Crippen LogP contribution in [-0.2, 0) is 4.74 Å². The first kappa shape index (κ1) is 10.3. The molecular formula is C9H19NO. The highest BCUT2D eigenvalue weighted by Crippen LogP contribution is 2.20. The van der Waals surface area contributed by atoms with Gasteiger partial charge in [0.25, 0.3) is 0 Å². The Balaban J connectivity index is 3.81. The lowest BCUT2D eigenvalue weighted by atomic mass is 9.93. The Morgan fingerprint density at radius 3 is 2.36 bits per heavy atom. The molecule has 0 saturated carbocycles. The highest BCUT2D eigenvalue weighted by atomic mass is 16.5. The summed E-state index contributed by atoms with van der Waals surface area (Å²) in [7, 11) is 0. The molecule has 0 aliphatic heterocycles. The number of hydrogen-bond donors (Lipinski definition) is 1. The van der Waals surface area contributed by atoms with Crippen LogP contribution in [0.3, 0.4) is 0 Å². The smallest absolute Gasteiger partial charge is 0.102 e. The van der Waals surface area contributed by atoms with Gasteiger partial charge in [-0.3, -0.25) is 0 Å². The highest BCUT2D eigenvalue weighted by Gasteiger charge is 2.13. The van der Waals surface area contributed by atoms with Gasteiger partial charge in [-0.1, -0.05) is 27.7 Å². The molecule has 11 heavy (non-hydrogen) atoms. The molecule has 0 aliphatic rings. The van der Waals surface area contributed by atoms with E-state index in [0.29, 0.717) is 0 Å². The molecule has 0 saturated heterocycles. The first-order valence-corrected chi connectivity index (χ1v) is 4.06.